The molecule has 2 fully saturated rings. The topological polar surface area (TPSA) is 30.9 Å². The zero-order valence-electron chi connectivity index (χ0n) is 17.3. The Morgan fingerprint density at radius 3 is 2.27 bits per heavy atom. The van der Waals surface area contributed by atoms with Gasteiger partial charge in [-0.3, -0.25) is 0 Å². The third-order valence-electron chi connectivity index (χ3n) is 6.33. The van der Waals surface area contributed by atoms with E-state index in [2.05, 4.69) is 64.8 Å². The van der Waals surface area contributed by atoms with Crippen LogP contribution in [-0.4, -0.2) is 50.0 Å². The van der Waals surface area contributed by atoms with E-state index in [1.807, 2.05) is 0 Å². The lowest BCUT2D eigenvalue weighted by atomic mass is 9.76. The molecule has 1 aromatic rings. The zero-order chi connectivity index (χ0) is 18.9. The molecule has 4 nitrogen and oxygen atoms in total. The molecule has 0 saturated carbocycles. The van der Waals surface area contributed by atoms with Gasteiger partial charge in [-0.1, -0.05) is 25.1 Å². The molecule has 0 spiro atoms. The molecular weight excluding hydrogens is 325 g/mol. The Morgan fingerprint density at radius 2 is 1.69 bits per heavy atom. The monoisotopic (exact) mass is 359 g/mol. The molecule has 2 aliphatic rings. The Bertz CT molecular complexity index is 610. The number of ether oxygens (including phenoxy) is 1. The minimum atomic E-state index is -0.308. The average Bonchev–Trinajstić information content (AvgIpc) is 2.83. The van der Waals surface area contributed by atoms with Crippen molar-refractivity contribution < 1.29 is 14.0 Å². The molecule has 0 aliphatic carbocycles. The van der Waals surface area contributed by atoms with E-state index in [4.69, 9.17) is 14.0 Å². The van der Waals surface area contributed by atoms with Crippen molar-refractivity contribution in [2.45, 2.75) is 71.1 Å². The molecule has 0 amide bonds. The number of hydrogen-bond donors (Lipinski definition) is 0. The molecule has 144 valence electrons. The summed E-state index contributed by atoms with van der Waals surface area (Å²) in [6.45, 7) is 14.4. The molecule has 0 bridgehead atoms. The van der Waals surface area contributed by atoms with E-state index in [0.717, 1.165) is 44.6 Å². The van der Waals surface area contributed by atoms with Crippen LogP contribution in [0.5, 0.6) is 0 Å². The minimum absolute atomic E-state index is 0.297. The molecule has 26 heavy (non-hydrogen) atoms. The summed E-state index contributed by atoms with van der Waals surface area (Å²) < 4.78 is 18.1. The first-order valence-electron chi connectivity index (χ1n) is 9.98. The largest absolute Gasteiger partial charge is 0.494 e. The van der Waals surface area contributed by atoms with Gasteiger partial charge in [-0.2, -0.15) is 0 Å². The van der Waals surface area contributed by atoms with Gasteiger partial charge in [0.1, 0.15) is 0 Å². The van der Waals surface area contributed by atoms with Crippen molar-refractivity contribution in [2.24, 2.45) is 0 Å². The standard InChI is InChI=1S/C21H34BNO3/c1-7-23(6)15-17-14-18(22-25-20(2,3)21(4,5)26-22)8-9-19(17)16-10-12-24-13-11-16/h8-9,14,16H,7,10-13,15H2,1-6H3. The van der Waals surface area contributed by atoms with Crippen LogP contribution in [0.4, 0.5) is 0 Å². The first kappa shape index (κ1) is 19.9. The van der Waals surface area contributed by atoms with Crippen LogP contribution in [0.3, 0.4) is 0 Å². The Kier molecular flexibility index (Phi) is 5.83. The van der Waals surface area contributed by atoms with E-state index in [9.17, 15) is 0 Å². The van der Waals surface area contributed by atoms with Gasteiger partial charge in [0.2, 0.25) is 0 Å². The van der Waals surface area contributed by atoms with Gasteiger partial charge in [-0.15, -0.1) is 0 Å². The molecule has 0 atom stereocenters. The molecule has 0 radical (unpaired) electrons. The van der Waals surface area contributed by atoms with E-state index in [0.29, 0.717) is 5.92 Å². The highest BCUT2D eigenvalue weighted by Crippen LogP contribution is 2.37. The number of benzene rings is 1. The van der Waals surface area contributed by atoms with Crippen LogP contribution in [0, 0.1) is 0 Å². The maximum atomic E-state index is 6.27. The quantitative estimate of drug-likeness (QED) is 0.755. The lowest BCUT2D eigenvalue weighted by Crippen LogP contribution is -2.41. The summed E-state index contributed by atoms with van der Waals surface area (Å²) in [5.74, 6) is 0.594. The van der Waals surface area contributed by atoms with E-state index in [1.54, 1.807) is 0 Å². The summed E-state index contributed by atoms with van der Waals surface area (Å²) in [6.07, 6.45) is 2.22. The summed E-state index contributed by atoms with van der Waals surface area (Å²) in [5.41, 5.74) is 3.37. The first-order chi connectivity index (χ1) is 12.2. The lowest BCUT2D eigenvalue weighted by molar-refractivity contribution is 0.00578. The highest BCUT2D eigenvalue weighted by molar-refractivity contribution is 6.62. The van der Waals surface area contributed by atoms with E-state index in [1.165, 1.54) is 11.1 Å². The van der Waals surface area contributed by atoms with Gasteiger partial charge in [0, 0.05) is 19.8 Å². The van der Waals surface area contributed by atoms with Gasteiger partial charge in [0.15, 0.2) is 0 Å². The summed E-state index contributed by atoms with van der Waals surface area (Å²) in [7, 11) is 1.88. The highest BCUT2D eigenvalue weighted by atomic mass is 16.7. The molecule has 0 aromatic heterocycles. The van der Waals surface area contributed by atoms with Gasteiger partial charge in [-0.25, -0.2) is 0 Å². The SMILES string of the molecule is CCN(C)Cc1cc(B2OC(C)(C)C(C)(C)O2)ccc1C1CCOCC1. The van der Waals surface area contributed by atoms with Crippen LogP contribution in [0.25, 0.3) is 0 Å². The predicted octanol–water partition coefficient (Wildman–Crippen LogP) is 3.33. The number of rotatable bonds is 5. The van der Waals surface area contributed by atoms with Crippen molar-refractivity contribution in [3.05, 3.63) is 29.3 Å². The number of nitrogens with zero attached hydrogens (tertiary/aromatic N) is 1. The van der Waals surface area contributed by atoms with Gasteiger partial charge < -0.3 is 18.9 Å². The van der Waals surface area contributed by atoms with Crippen LogP contribution >= 0.6 is 0 Å². The molecule has 2 saturated heterocycles. The van der Waals surface area contributed by atoms with E-state index < -0.39 is 0 Å². The average molecular weight is 359 g/mol. The summed E-state index contributed by atoms with van der Waals surface area (Å²) in [6, 6.07) is 6.80. The Morgan fingerprint density at radius 1 is 1.08 bits per heavy atom. The Hall–Kier alpha value is -0.875. The van der Waals surface area contributed by atoms with Gasteiger partial charge in [0.25, 0.3) is 0 Å². The fourth-order valence-corrected chi connectivity index (χ4v) is 3.70. The Labute approximate surface area is 159 Å². The fraction of sp³-hybridized carbons (Fsp3) is 0.714. The molecule has 0 unspecified atom stereocenters. The lowest BCUT2D eigenvalue weighted by Gasteiger charge is -2.32. The van der Waals surface area contributed by atoms with Crippen molar-refractivity contribution in [1.82, 2.24) is 4.90 Å². The van der Waals surface area contributed by atoms with Crippen LogP contribution in [0.2, 0.25) is 0 Å². The molecule has 2 heterocycles. The Balaban J connectivity index is 1.89. The third kappa shape index (κ3) is 4.01. The highest BCUT2D eigenvalue weighted by Gasteiger charge is 2.51. The van der Waals surface area contributed by atoms with E-state index in [-0.39, 0.29) is 18.3 Å². The van der Waals surface area contributed by atoms with E-state index >= 15 is 0 Å². The van der Waals surface area contributed by atoms with Crippen molar-refractivity contribution in [2.75, 3.05) is 26.8 Å². The predicted molar refractivity (Wildman–Crippen MR) is 107 cm³/mol. The molecular formula is C21H34BNO3. The number of hydrogen-bond acceptors (Lipinski definition) is 4. The normalized spacial score (nSPS) is 23.0. The van der Waals surface area contributed by atoms with Gasteiger partial charge >= 0.3 is 7.12 Å². The summed E-state index contributed by atoms with van der Waals surface area (Å²) in [4.78, 5) is 2.35. The second-order valence-corrected chi connectivity index (χ2v) is 8.76. The third-order valence-corrected chi connectivity index (χ3v) is 6.33. The molecule has 3 rings (SSSR count). The zero-order valence-corrected chi connectivity index (χ0v) is 17.3. The van der Waals surface area contributed by atoms with Gasteiger partial charge in [0.05, 0.1) is 11.2 Å². The minimum Gasteiger partial charge on any atom is -0.399 e. The van der Waals surface area contributed by atoms with Crippen LogP contribution < -0.4 is 5.46 Å². The maximum absolute atomic E-state index is 6.27. The van der Waals surface area contributed by atoms with Gasteiger partial charge in [-0.05, 0) is 76.6 Å². The summed E-state index contributed by atoms with van der Waals surface area (Å²) >= 11 is 0. The van der Waals surface area contributed by atoms with Crippen LogP contribution in [-0.2, 0) is 20.6 Å². The van der Waals surface area contributed by atoms with Crippen LogP contribution in [0.15, 0.2) is 18.2 Å². The molecule has 2 aliphatic heterocycles. The first-order valence-corrected chi connectivity index (χ1v) is 9.98. The van der Waals surface area contributed by atoms with Crippen molar-refractivity contribution in [3.63, 3.8) is 0 Å². The smallest absolute Gasteiger partial charge is 0.399 e. The fourth-order valence-electron chi connectivity index (χ4n) is 3.70. The summed E-state index contributed by atoms with van der Waals surface area (Å²) in [5, 5.41) is 0. The second kappa shape index (κ2) is 7.63. The van der Waals surface area contributed by atoms with Crippen molar-refractivity contribution >= 4 is 12.6 Å². The maximum Gasteiger partial charge on any atom is 0.494 e. The molecule has 0 N–H and O–H groups in total. The van der Waals surface area contributed by atoms with Crippen LogP contribution in [0.1, 0.15) is 64.5 Å². The van der Waals surface area contributed by atoms with Crippen molar-refractivity contribution in [1.29, 1.82) is 0 Å². The molecule has 1 aromatic carbocycles. The van der Waals surface area contributed by atoms with Crippen molar-refractivity contribution in [3.8, 4) is 0 Å². The molecule has 5 heteroatoms. The second-order valence-electron chi connectivity index (χ2n) is 8.76.